The number of amides is 1. The third kappa shape index (κ3) is 4.14. The number of benzene rings is 2. The van der Waals surface area contributed by atoms with Gasteiger partial charge in [-0.25, -0.2) is 0 Å². The van der Waals surface area contributed by atoms with Crippen LogP contribution in [0.5, 0.6) is 17.2 Å². The van der Waals surface area contributed by atoms with Crippen LogP contribution in [-0.4, -0.2) is 38.2 Å². The molecule has 0 N–H and O–H groups in total. The highest BCUT2D eigenvalue weighted by Gasteiger charge is 2.24. The quantitative estimate of drug-likeness (QED) is 0.737. The molecule has 2 aromatic rings. The molecule has 3 rings (SSSR count). The molecule has 6 heteroatoms. The average molecular weight is 390 g/mol. The SMILES string of the molecule is CCCOc1c(Cl)cc(C(=O)N2CCc3ccc(OC)cc3C2)cc1OC. The van der Waals surface area contributed by atoms with E-state index < -0.39 is 0 Å². The molecule has 0 fully saturated rings. The van der Waals surface area contributed by atoms with Crippen molar-refractivity contribution in [3.8, 4) is 17.2 Å². The molecule has 0 spiro atoms. The van der Waals surface area contributed by atoms with Crippen molar-refractivity contribution in [3.05, 3.63) is 52.0 Å². The predicted molar refractivity (Wildman–Crippen MR) is 105 cm³/mol. The summed E-state index contributed by atoms with van der Waals surface area (Å²) in [6.07, 6.45) is 1.67. The minimum atomic E-state index is -0.0780. The fourth-order valence-electron chi connectivity index (χ4n) is 3.20. The first-order valence-corrected chi connectivity index (χ1v) is 9.40. The van der Waals surface area contributed by atoms with E-state index in [4.69, 9.17) is 25.8 Å². The largest absolute Gasteiger partial charge is 0.497 e. The Hall–Kier alpha value is -2.40. The number of methoxy groups -OCH3 is 2. The third-order valence-electron chi connectivity index (χ3n) is 4.64. The summed E-state index contributed by atoms with van der Waals surface area (Å²) in [5, 5.41) is 0.380. The normalized spacial score (nSPS) is 13.1. The van der Waals surface area contributed by atoms with Gasteiger partial charge in [0.1, 0.15) is 5.75 Å². The lowest BCUT2D eigenvalue weighted by atomic mass is 9.98. The van der Waals surface area contributed by atoms with Crippen molar-refractivity contribution in [3.63, 3.8) is 0 Å². The molecule has 0 saturated carbocycles. The number of halogens is 1. The van der Waals surface area contributed by atoms with E-state index >= 15 is 0 Å². The minimum Gasteiger partial charge on any atom is -0.497 e. The van der Waals surface area contributed by atoms with Crippen LogP contribution in [0.25, 0.3) is 0 Å². The maximum absolute atomic E-state index is 13.0. The average Bonchev–Trinajstić information content (AvgIpc) is 2.70. The van der Waals surface area contributed by atoms with E-state index in [0.29, 0.717) is 41.8 Å². The van der Waals surface area contributed by atoms with Crippen molar-refractivity contribution < 1.29 is 19.0 Å². The summed E-state index contributed by atoms with van der Waals surface area (Å²) in [4.78, 5) is 14.9. The van der Waals surface area contributed by atoms with Crippen LogP contribution in [0, 0.1) is 0 Å². The first-order chi connectivity index (χ1) is 13.1. The zero-order chi connectivity index (χ0) is 19.4. The van der Waals surface area contributed by atoms with Gasteiger partial charge in [0.25, 0.3) is 5.91 Å². The van der Waals surface area contributed by atoms with Crippen LogP contribution in [0.4, 0.5) is 0 Å². The summed E-state index contributed by atoms with van der Waals surface area (Å²) in [5.74, 6) is 1.67. The van der Waals surface area contributed by atoms with E-state index in [1.807, 2.05) is 24.0 Å². The summed E-state index contributed by atoms with van der Waals surface area (Å²) < 4.78 is 16.4. The molecule has 2 aromatic carbocycles. The second-order valence-corrected chi connectivity index (χ2v) is 6.86. The van der Waals surface area contributed by atoms with E-state index in [-0.39, 0.29) is 5.91 Å². The molecule has 1 aliphatic rings. The Bertz CT molecular complexity index is 837. The number of carbonyl (C=O) groups is 1. The molecule has 1 aliphatic heterocycles. The van der Waals surface area contributed by atoms with E-state index in [1.54, 1.807) is 26.4 Å². The van der Waals surface area contributed by atoms with Crippen LogP contribution in [0.2, 0.25) is 5.02 Å². The van der Waals surface area contributed by atoms with Crippen LogP contribution < -0.4 is 14.2 Å². The zero-order valence-corrected chi connectivity index (χ0v) is 16.6. The van der Waals surface area contributed by atoms with Crippen molar-refractivity contribution in [2.24, 2.45) is 0 Å². The fraction of sp³-hybridized carbons (Fsp3) is 0.381. The number of hydrogen-bond donors (Lipinski definition) is 0. The van der Waals surface area contributed by atoms with Crippen LogP contribution in [0.3, 0.4) is 0 Å². The van der Waals surface area contributed by atoms with Gasteiger partial charge in [0.15, 0.2) is 11.5 Å². The number of ether oxygens (including phenoxy) is 3. The van der Waals surface area contributed by atoms with Crippen LogP contribution in [0.15, 0.2) is 30.3 Å². The Balaban J connectivity index is 1.84. The van der Waals surface area contributed by atoms with Crippen molar-refractivity contribution in [2.45, 2.75) is 26.3 Å². The summed E-state index contributed by atoms with van der Waals surface area (Å²) in [6.45, 7) is 3.75. The molecule has 5 nitrogen and oxygen atoms in total. The van der Waals surface area contributed by atoms with Gasteiger partial charge in [-0.2, -0.15) is 0 Å². The summed E-state index contributed by atoms with van der Waals surface area (Å²) in [6, 6.07) is 9.36. The van der Waals surface area contributed by atoms with Crippen LogP contribution >= 0.6 is 11.6 Å². The smallest absolute Gasteiger partial charge is 0.254 e. The number of rotatable bonds is 6. The molecule has 27 heavy (non-hydrogen) atoms. The Morgan fingerprint density at radius 1 is 1.15 bits per heavy atom. The molecule has 0 bridgehead atoms. The maximum Gasteiger partial charge on any atom is 0.254 e. The van der Waals surface area contributed by atoms with Crippen molar-refractivity contribution in [1.82, 2.24) is 4.90 Å². The molecule has 0 atom stereocenters. The van der Waals surface area contributed by atoms with E-state index in [1.165, 1.54) is 5.56 Å². The molecule has 0 unspecified atom stereocenters. The second-order valence-electron chi connectivity index (χ2n) is 6.45. The number of fused-ring (bicyclic) bond motifs is 1. The van der Waals surface area contributed by atoms with Gasteiger partial charge in [-0.3, -0.25) is 4.79 Å². The van der Waals surface area contributed by atoms with E-state index in [9.17, 15) is 4.79 Å². The molecule has 0 radical (unpaired) electrons. The topological polar surface area (TPSA) is 48.0 Å². The van der Waals surface area contributed by atoms with Gasteiger partial charge in [0.2, 0.25) is 0 Å². The van der Waals surface area contributed by atoms with Gasteiger partial charge in [-0.1, -0.05) is 24.6 Å². The number of carbonyl (C=O) groups excluding carboxylic acids is 1. The van der Waals surface area contributed by atoms with Gasteiger partial charge in [-0.15, -0.1) is 0 Å². The van der Waals surface area contributed by atoms with Crippen molar-refractivity contribution in [2.75, 3.05) is 27.4 Å². The highest BCUT2D eigenvalue weighted by molar-refractivity contribution is 6.32. The lowest BCUT2D eigenvalue weighted by molar-refractivity contribution is 0.0734. The molecule has 0 aromatic heterocycles. The standard InChI is InChI=1S/C21H24ClNO4/c1-4-9-27-20-18(22)11-15(12-19(20)26-3)21(24)23-8-7-14-5-6-17(25-2)10-16(14)13-23/h5-6,10-12H,4,7-9,13H2,1-3H3. The number of hydrogen-bond acceptors (Lipinski definition) is 4. The Morgan fingerprint density at radius 2 is 1.96 bits per heavy atom. The first-order valence-electron chi connectivity index (χ1n) is 9.02. The van der Waals surface area contributed by atoms with E-state index in [0.717, 1.165) is 24.2 Å². The third-order valence-corrected chi connectivity index (χ3v) is 4.92. The monoisotopic (exact) mass is 389 g/mol. The van der Waals surface area contributed by atoms with Crippen molar-refractivity contribution in [1.29, 1.82) is 0 Å². The number of nitrogens with zero attached hydrogens (tertiary/aromatic N) is 1. The van der Waals surface area contributed by atoms with Gasteiger partial charge in [0, 0.05) is 18.7 Å². The maximum atomic E-state index is 13.0. The predicted octanol–water partition coefficient (Wildman–Crippen LogP) is 4.34. The molecular formula is C21H24ClNO4. The van der Waals surface area contributed by atoms with Gasteiger partial charge in [-0.05, 0) is 48.2 Å². The summed E-state index contributed by atoms with van der Waals surface area (Å²) in [7, 11) is 3.19. The Kier molecular flexibility index (Phi) is 6.11. The minimum absolute atomic E-state index is 0.0780. The molecule has 0 aliphatic carbocycles. The molecule has 0 saturated heterocycles. The van der Waals surface area contributed by atoms with Gasteiger partial charge in [0.05, 0.1) is 25.8 Å². The molecule has 144 valence electrons. The second kappa shape index (κ2) is 8.53. The molecule has 1 heterocycles. The Morgan fingerprint density at radius 3 is 2.67 bits per heavy atom. The highest BCUT2D eigenvalue weighted by atomic mass is 35.5. The summed E-state index contributed by atoms with van der Waals surface area (Å²) >= 11 is 6.36. The summed E-state index contributed by atoms with van der Waals surface area (Å²) in [5.41, 5.74) is 2.85. The zero-order valence-electron chi connectivity index (χ0n) is 15.9. The lowest BCUT2D eigenvalue weighted by Crippen LogP contribution is -2.36. The van der Waals surface area contributed by atoms with Crippen LogP contribution in [0.1, 0.15) is 34.8 Å². The molecular weight excluding hydrogens is 366 g/mol. The van der Waals surface area contributed by atoms with Gasteiger partial charge >= 0.3 is 0 Å². The van der Waals surface area contributed by atoms with Gasteiger partial charge < -0.3 is 19.1 Å². The fourth-order valence-corrected chi connectivity index (χ4v) is 3.47. The Labute approximate surface area is 164 Å². The van der Waals surface area contributed by atoms with E-state index in [2.05, 4.69) is 6.07 Å². The highest BCUT2D eigenvalue weighted by Crippen LogP contribution is 2.37. The van der Waals surface area contributed by atoms with Crippen LogP contribution in [-0.2, 0) is 13.0 Å². The first kappa shape index (κ1) is 19.4. The van der Waals surface area contributed by atoms with Crippen molar-refractivity contribution >= 4 is 17.5 Å². The lowest BCUT2D eigenvalue weighted by Gasteiger charge is -2.29. The molecule has 1 amide bonds.